The molecule has 3 nitrogen and oxygen atoms in total. The maximum absolute atomic E-state index is 11.9. The van der Waals surface area contributed by atoms with Crippen LogP contribution >= 0.6 is 11.6 Å². The third kappa shape index (κ3) is 0.838. The van der Waals surface area contributed by atoms with Gasteiger partial charge in [0.05, 0.1) is 0 Å². The van der Waals surface area contributed by atoms with Crippen LogP contribution in [0.4, 0.5) is 9.18 Å². The summed E-state index contributed by atoms with van der Waals surface area (Å²) in [5, 5.41) is 0. The van der Waals surface area contributed by atoms with E-state index in [0.29, 0.717) is 0 Å². The van der Waals surface area contributed by atoms with E-state index in [-0.39, 0.29) is 0 Å². The fraction of sp³-hybridized carbons (Fsp3) is 0.667. The molecule has 46 valence electrons. The second-order valence-electron chi connectivity index (χ2n) is 1.19. The molecular formula is C3H2ClFO3. The van der Waals surface area contributed by atoms with Gasteiger partial charge in [-0.3, -0.25) is 0 Å². The third-order valence-electron chi connectivity index (χ3n) is 0.624. The van der Waals surface area contributed by atoms with E-state index in [9.17, 15) is 9.18 Å². The average Bonchev–Trinajstić information content (AvgIpc) is 1.85. The van der Waals surface area contributed by atoms with E-state index < -0.39 is 18.1 Å². The topological polar surface area (TPSA) is 35.5 Å². The third-order valence-corrected chi connectivity index (χ3v) is 0.911. The number of cyclic esters (lactones) is 2. The van der Waals surface area contributed by atoms with Crippen LogP contribution in [-0.2, 0) is 9.47 Å². The molecule has 0 saturated carbocycles. The van der Waals surface area contributed by atoms with E-state index in [0.717, 1.165) is 0 Å². The molecule has 0 aromatic rings. The summed E-state index contributed by atoms with van der Waals surface area (Å²) < 4.78 is 19.7. The Morgan fingerprint density at radius 3 is 2.38 bits per heavy atom. The summed E-state index contributed by atoms with van der Waals surface area (Å²) in [6.07, 6.45) is -2.87. The first-order valence-electron chi connectivity index (χ1n) is 1.85. The number of halogens is 2. The molecule has 0 aromatic carbocycles. The maximum atomic E-state index is 11.9. The van der Waals surface area contributed by atoms with Gasteiger partial charge in [0.15, 0.2) is 0 Å². The van der Waals surface area contributed by atoms with Crippen molar-refractivity contribution >= 4 is 17.8 Å². The Balaban J connectivity index is 2.51. The lowest BCUT2D eigenvalue weighted by Crippen LogP contribution is -2.08. The van der Waals surface area contributed by atoms with Gasteiger partial charge in [0.1, 0.15) is 0 Å². The number of hydrogen-bond donors (Lipinski definition) is 0. The van der Waals surface area contributed by atoms with Crippen LogP contribution in [0.3, 0.4) is 0 Å². The van der Waals surface area contributed by atoms with Gasteiger partial charge in [-0.25, -0.2) is 4.79 Å². The lowest BCUT2D eigenvalue weighted by Gasteiger charge is -1.94. The van der Waals surface area contributed by atoms with Crippen molar-refractivity contribution in [2.45, 2.75) is 11.9 Å². The number of rotatable bonds is 0. The minimum Gasteiger partial charge on any atom is -0.407 e. The van der Waals surface area contributed by atoms with Gasteiger partial charge in [-0.2, -0.15) is 4.39 Å². The van der Waals surface area contributed by atoms with E-state index in [2.05, 4.69) is 9.47 Å². The predicted molar refractivity (Wildman–Crippen MR) is 22.1 cm³/mol. The van der Waals surface area contributed by atoms with Crippen molar-refractivity contribution in [1.29, 1.82) is 0 Å². The molecule has 0 bridgehead atoms. The van der Waals surface area contributed by atoms with E-state index in [1.165, 1.54) is 0 Å². The minimum absolute atomic E-state index is 1.06. The van der Waals surface area contributed by atoms with Crippen molar-refractivity contribution in [3.63, 3.8) is 0 Å². The van der Waals surface area contributed by atoms with Crippen molar-refractivity contribution < 1.29 is 18.7 Å². The Hall–Kier alpha value is -0.510. The highest BCUT2D eigenvalue weighted by atomic mass is 35.5. The van der Waals surface area contributed by atoms with E-state index in [4.69, 9.17) is 11.6 Å². The molecule has 1 aliphatic heterocycles. The van der Waals surface area contributed by atoms with Gasteiger partial charge in [0.2, 0.25) is 5.56 Å². The van der Waals surface area contributed by atoms with Crippen molar-refractivity contribution in [3.8, 4) is 0 Å². The fourth-order valence-corrected chi connectivity index (χ4v) is 0.443. The maximum Gasteiger partial charge on any atom is 0.512 e. The molecule has 1 saturated heterocycles. The van der Waals surface area contributed by atoms with Crippen LogP contribution in [0.5, 0.6) is 0 Å². The summed E-state index contributed by atoms with van der Waals surface area (Å²) in [6, 6.07) is 0. The van der Waals surface area contributed by atoms with Crippen molar-refractivity contribution in [2.24, 2.45) is 0 Å². The second-order valence-corrected chi connectivity index (χ2v) is 1.62. The van der Waals surface area contributed by atoms with Crippen LogP contribution in [0.25, 0.3) is 0 Å². The van der Waals surface area contributed by atoms with Crippen molar-refractivity contribution in [1.82, 2.24) is 0 Å². The first-order chi connectivity index (χ1) is 3.70. The molecule has 1 fully saturated rings. The Kier molecular flexibility index (Phi) is 1.25. The summed E-state index contributed by atoms with van der Waals surface area (Å²) in [7, 11) is 0. The number of carbonyl (C=O) groups excluding carboxylic acids is 1. The monoisotopic (exact) mass is 140 g/mol. The molecule has 1 aliphatic rings. The molecular weight excluding hydrogens is 138 g/mol. The quantitative estimate of drug-likeness (QED) is 0.372. The first-order valence-corrected chi connectivity index (χ1v) is 2.29. The zero-order valence-electron chi connectivity index (χ0n) is 3.64. The van der Waals surface area contributed by atoms with Gasteiger partial charge in [-0.1, -0.05) is 11.6 Å². The normalized spacial score (nSPS) is 36.5. The van der Waals surface area contributed by atoms with Crippen LogP contribution in [0.1, 0.15) is 0 Å². The zero-order valence-corrected chi connectivity index (χ0v) is 4.39. The molecule has 1 heterocycles. The van der Waals surface area contributed by atoms with Crippen LogP contribution in [-0.4, -0.2) is 18.1 Å². The molecule has 5 heteroatoms. The van der Waals surface area contributed by atoms with Gasteiger partial charge in [0, 0.05) is 0 Å². The van der Waals surface area contributed by atoms with Gasteiger partial charge < -0.3 is 9.47 Å². The van der Waals surface area contributed by atoms with E-state index in [1.807, 2.05) is 0 Å². The van der Waals surface area contributed by atoms with Crippen LogP contribution in [0.2, 0.25) is 0 Å². The average molecular weight is 140 g/mol. The number of hydrogen-bond acceptors (Lipinski definition) is 3. The van der Waals surface area contributed by atoms with Gasteiger partial charge in [-0.05, 0) is 0 Å². The molecule has 0 radical (unpaired) electrons. The molecule has 1 rings (SSSR count). The lowest BCUT2D eigenvalue weighted by atomic mass is 10.7. The number of carbonyl (C=O) groups is 1. The smallest absolute Gasteiger partial charge is 0.407 e. The fourth-order valence-electron chi connectivity index (χ4n) is 0.319. The Morgan fingerprint density at radius 1 is 1.62 bits per heavy atom. The van der Waals surface area contributed by atoms with Gasteiger partial charge >= 0.3 is 6.16 Å². The minimum atomic E-state index is -1.82. The lowest BCUT2D eigenvalue weighted by molar-refractivity contribution is 0.0512. The standard InChI is InChI=1S/C3H2ClFO3/c4-1-2(5)8-3(6)7-1/h1-2H. The van der Waals surface area contributed by atoms with E-state index in [1.54, 1.807) is 0 Å². The predicted octanol–water partition coefficient (Wildman–Crippen LogP) is 1.01. The molecule has 8 heavy (non-hydrogen) atoms. The van der Waals surface area contributed by atoms with Gasteiger partial charge in [-0.15, -0.1) is 0 Å². The Bertz CT molecular complexity index is 105. The summed E-state index contributed by atoms with van der Waals surface area (Å²) in [5.74, 6) is 0. The highest BCUT2D eigenvalue weighted by molar-refractivity contribution is 6.20. The SMILES string of the molecule is O=C1OC(F)C(Cl)O1. The highest BCUT2D eigenvalue weighted by Gasteiger charge is 2.34. The molecule has 2 unspecified atom stereocenters. The Morgan fingerprint density at radius 2 is 2.25 bits per heavy atom. The Labute approximate surface area is 49.3 Å². The summed E-state index contributed by atoms with van der Waals surface area (Å²) in [6.45, 7) is 0. The van der Waals surface area contributed by atoms with E-state index >= 15 is 0 Å². The van der Waals surface area contributed by atoms with Crippen LogP contribution in [0.15, 0.2) is 0 Å². The molecule has 0 aromatic heterocycles. The number of alkyl halides is 2. The second kappa shape index (κ2) is 1.78. The molecule has 0 amide bonds. The zero-order chi connectivity index (χ0) is 6.15. The number of ether oxygens (including phenoxy) is 2. The highest BCUT2D eigenvalue weighted by Crippen LogP contribution is 2.18. The molecule has 2 atom stereocenters. The van der Waals surface area contributed by atoms with Crippen LogP contribution < -0.4 is 0 Å². The summed E-state index contributed by atoms with van der Waals surface area (Å²) in [5.41, 5.74) is -1.28. The van der Waals surface area contributed by atoms with Gasteiger partial charge in [0.25, 0.3) is 6.36 Å². The molecule has 0 spiro atoms. The molecule has 0 aliphatic carbocycles. The van der Waals surface area contributed by atoms with Crippen molar-refractivity contribution in [2.75, 3.05) is 0 Å². The van der Waals surface area contributed by atoms with Crippen LogP contribution in [0, 0.1) is 0 Å². The largest absolute Gasteiger partial charge is 0.512 e. The first kappa shape index (κ1) is 5.62. The summed E-state index contributed by atoms with van der Waals surface area (Å²) >= 11 is 5.01. The van der Waals surface area contributed by atoms with Crippen molar-refractivity contribution in [3.05, 3.63) is 0 Å². The molecule has 0 N–H and O–H groups in total. The summed E-state index contributed by atoms with van der Waals surface area (Å²) in [4.78, 5) is 9.90.